The smallest absolute Gasteiger partial charge is 0.293 e. The van der Waals surface area contributed by atoms with Crippen molar-refractivity contribution >= 4 is 44.8 Å². The number of aryl methyl sites for hydroxylation is 1. The lowest BCUT2D eigenvalue weighted by atomic mass is 10.1. The van der Waals surface area contributed by atoms with Crippen molar-refractivity contribution in [3.8, 4) is 5.69 Å². The second kappa shape index (κ2) is 9.56. The monoisotopic (exact) mass is 508 g/mol. The maximum absolute atomic E-state index is 13.1. The first kappa shape index (κ1) is 23.6. The van der Waals surface area contributed by atoms with E-state index in [1.807, 2.05) is 60.4 Å². The number of carbonyl (C=O) groups is 1. The van der Waals surface area contributed by atoms with Gasteiger partial charge in [0, 0.05) is 35.8 Å². The van der Waals surface area contributed by atoms with Gasteiger partial charge in [-0.1, -0.05) is 36.4 Å². The van der Waals surface area contributed by atoms with Gasteiger partial charge in [-0.25, -0.2) is 0 Å². The number of fused-ring (bicyclic) bond motifs is 2. The van der Waals surface area contributed by atoms with Crippen molar-refractivity contribution in [3.05, 3.63) is 94.0 Å². The molecule has 1 aliphatic heterocycles. The summed E-state index contributed by atoms with van der Waals surface area (Å²) in [6.07, 6.45) is 0. The van der Waals surface area contributed by atoms with Crippen LogP contribution in [0.3, 0.4) is 0 Å². The van der Waals surface area contributed by atoms with Gasteiger partial charge in [-0.15, -0.1) is 15.0 Å². The molecule has 4 aromatic carbocycles. The summed E-state index contributed by atoms with van der Waals surface area (Å²) >= 11 is 0. The van der Waals surface area contributed by atoms with Crippen LogP contribution in [-0.4, -0.2) is 52.1 Å². The molecule has 6 rings (SSSR count). The van der Waals surface area contributed by atoms with Crippen LogP contribution < -0.4 is 10.2 Å². The average molecular weight is 509 g/mol. The minimum atomic E-state index is -0.454. The van der Waals surface area contributed by atoms with Gasteiger partial charge in [0.2, 0.25) is 0 Å². The number of carbonyl (C=O) groups excluding carboxylic acids is 1. The Kier molecular flexibility index (Phi) is 5.93. The summed E-state index contributed by atoms with van der Waals surface area (Å²) in [5.74, 6) is -0.439. The van der Waals surface area contributed by atoms with Crippen molar-refractivity contribution in [3.63, 3.8) is 0 Å². The quantitative estimate of drug-likeness (QED) is 0.266. The van der Waals surface area contributed by atoms with Gasteiger partial charge >= 0.3 is 0 Å². The zero-order valence-electron chi connectivity index (χ0n) is 20.6. The molecule has 0 aliphatic carbocycles. The predicted octanol–water partition coefficient (Wildman–Crippen LogP) is 4.88. The van der Waals surface area contributed by atoms with E-state index in [-0.39, 0.29) is 11.3 Å². The van der Waals surface area contributed by atoms with Crippen LogP contribution in [0.4, 0.5) is 17.1 Å². The lowest BCUT2D eigenvalue weighted by Gasteiger charge is -2.28. The fourth-order valence-corrected chi connectivity index (χ4v) is 4.77. The maximum atomic E-state index is 13.1. The molecule has 1 fully saturated rings. The van der Waals surface area contributed by atoms with Gasteiger partial charge in [0.15, 0.2) is 0 Å². The normalized spacial score (nSPS) is 13.7. The molecule has 0 unspecified atom stereocenters. The van der Waals surface area contributed by atoms with E-state index in [1.165, 1.54) is 6.07 Å². The zero-order valence-corrected chi connectivity index (χ0v) is 20.6. The van der Waals surface area contributed by atoms with Crippen molar-refractivity contribution in [2.45, 2.75) is 6.92 Å². The van der Waals surface area contributed by atoms with E-state index < -0.39 is 10.8 Å². The molecule has 5 aromatic rings. The van der Waals surface area contributed by atoms with Crippen molar-refractivity contribution in [1.29, 1.82) is 0 Å². The second-order valence-electron chi connectivity index (χ2n) is 9.16. The summed E-state index contributed by atoms with van der Waals surface area (Å²) in [7, 11) is 0. The molecule has 0 radical (unpaired) electrons. The Bertz CT molecular complexity index is 1700. The Hall–Kier alpha value is -4.83. The van der Waals surface area contributed by atoms with Gasteiger partial charge in [0.05, 0.1) is 23.8 Å². The minimum absolute atomic E-state index is 0.107. The summed E-state index contributed by atoms with van der Waals surface area (Å²) in [5.41, 5.74) is 4.11. The van der Waals surface area contributed by atoms with Gasteiger partial charge in [0.1, 0.15) is 16.7 Å². The van der Waals surface area contributed by atoms with E-state index in [2.05, 4.69) is 15.5 Å². The van der Waals surface area contributed by atoms with Crippen molar-refractivity contribution in [2.75, 3.05) is 36.5 Å². The lowest BCUT2D eigenvalue weighted by Crippen LogP contribution is -2.36. The number of nitrogens with one attached hydrogen (secondary N) is 1. The Morgan fingerprint density at radius 3 is 2.47 bits per heavy atom. The Morgan fingerprint density at radius 1 is 0.947 bits per heavy atom. The highest BCUT2D eigenvalue weighted by molar-refractivity contribution is 6.06. The second-order valence-corrected chi connectivity index (χ2v) is 9.16. The van der Waals surface area contributed by atoms with Crippen LogP contribution in [0.2, 0.25) is 0 Å². The standard InChI is InChI=1S/C28H24N6O4/c1-18-15-23-24(31-33(30-23)25-8-4-6-19-5-2-3-7-21(19)25)17-22(18)29-28(35)20-9-10-26(27(16-20)34(36)37)32-11-13-38-14-12-32/h2-10,15-17H,11-14H2,1H3,(H,29,35). The summed E-state index contributed by atoms with van der Waals surface area (Å²) in [6, 6.07) is 22.2. The Labute approximate surface area is 217 Å². The van der Waals surface area contributed by atoms with Crippen LogP contribution in [0.25, 0.3) is 27.5 Å². The van der Waals surface area contributed by atoms with E-state index >= 15 is 0 Å². The molecule has 1 aliphatic rings. The van der Waals surface area contributed by atoms with Crippen LogP contribution in [0.15, 0.2) is 72.8 Å². The number of ether oxygens (including phenoxy) is 1. The molecule has 1 N–H and O–H groups in total. The number of hydrogen-bond donors (Lipinski definition) is 1. The molecule has 2 heterocycles. The van der Waals surface area contributed by atoms with Crippen molar-refractivity contribution < 1.29 is 14.5 Å². The predicted molar refractivity (Wildman–Crippen MR) is 145 cm³/mol. The molecule has 190 valence electrons. The molecule has 1 amide bonds. The van der Waals surface area contributed by atoms with Gasteiger partial charge in [-0.2, -0.15) is 0 Å². The highest BCUT2D eigenvalue weighted by Crippen LogP contribution is 2.31. The number of aromatic nitrogens is 3. The third kappa shape index (κ3) is 4.31. The van der Waals surface area contributed by atoms with E-state index in [9.17, 15) is 14.9 Å². The number of anilines is 2. The van der Waals surface area contributed by atoms with Crippen LogP contribution in [-0.2, 0) is 4.74 Å². The van der Waals surface area contributed by atoms with Crippen LogP contribution in [0, 0.1) is 17.0 Å². The van der Waals surface area contributed by atoms with Crippen LogP contribution in [0.5, 0.6) is 0 Å². The average Bonchev–Trinajstić information content (AvgIpc) is 3.35. The number of rotatable bonds is 5. The minimum Gasteiger partial charge on any atom is -0.378 e. The number of benzene rings is 4. The van der Waals surface area contributed by atoms with Gasteiger partial charge in [-0.3, -0.25) is 14.9 Å². The fourth-order valence-electron chi connectivity index (χ4n) is 4.77. The van der Waals surface area contributed by atoms with Crippen molar-refractivity contribution in [2.24, 2.45) is 0 Å². The van der Waals surface area contributed by atoms with Crippen LogP contribution in [0.1, 0.15) is 15.9 Å². The first-order valence-electron chi connectivity index (χ1n) is 12.3. The number of morpholine rings is 1. The van der Waals surface area contributed by atoms with E-state index in [4.69, 9.17) is 4.74 Å². The Morgan fingerprint density at radius 2 is 1.68 bits per heavy atom. The van der Waals surface area contributed by atoms with Gasteiger partial charge in [-0.05, 0) is 48.2 Å². The molecular formula is C28H24N6O4. The molecule has 1 aromatic heterocycles. The molecule has 1 saturated heterocycles. The maximum Gasteiger partial charge on any atom is 0.293 e. The summed E-state index contributed by atoms with van der Waals surface area (Å²) < 4.78 is 5.35. The summed E-state index contributed by atoms with van der Waals surface area (Å²) in [4.78, 5) is 28.0. The van der Waals surface area contributed by atoms with Gasteiger partial charge < -0.3 is 15.0 Å². The number of amides is 1. The third-order valence-electron chi connectivity index (χ3n) is 6.74. The largest absolute Gasteiger partial charge is 0.378 e. The molecule has 10 heteroatoms. The number of nitrogens with zero attached hydrogens (tertiary/aromatic N) is 5. The highest BCUT2D eigenvalue weighted by Gasteiger charge is 2.24. The summed E-state index contributed by atoms with van der Waals surface area (Å²) in [6.45, 7) is 4.00. The third-order valence-corrected chi connectivity index (χ3v) is 6.74. The molecule has 0 bridgehead atoms. The topological polar surface area (TPSA) is 115 Å². The van der Waals surface area contributed by atoms with E-state index in [1.54, 1.807) is 23.0 Å². The van der Waals surface area contributed by atoms with E-state index in [0.29, 0.717) is 48.7 Å². The first-order chi connectivity index (χ1) is 18.5. The molecular weight excluding hydrogens is 484 g/mol. The van der Waals surface area contributed by atoms with Crippen molar-refractivity contribution in [1.82, 2.24) is 15.0 Å². The molecule has 0 atom stereocenters. The zero-order chi connectivity index (χ0) is 26.2. The van der Waals surface area contributed by atoms with E-state index in [0.717, 1.165) is 22.0 Å². The highest BCUT2D eigenvalue weighted by atomic mass is 16.6. The molecule has 0 saturated carbocycles. The first-order valence-corrected chi connectivity index (χ1v) is 12.3. The van der Waals surface area contributed by atoms with Crippen LogP contribution >= 0.6 is 0 Å². The molecule has 38 heavy (non-hydrogen) atoms. The lowest BCUT2D eigenvalue weighted by molar-refractivity contribution is -0.384. The summed E-state index contributed by atoms with van der Waals surface area (Å²) in [5, 5.41) is 26.1. The SMILES string of the molecule is Cc1cc2nn(-c3cccc4ccccc34)nc2cc1NC(=O)c1ccc(N2CCOCC2)c([N+](=O)[O-])c1. The fraction of sp³-hybridized carbons (Fsp3) is 0.179. The molecule has 10 nitrogen and oxygen atoms in total. The number of hydrogen-bond acceptors (Lipinski definition) is 7. The van der Waals surface area contributed by atoms with Gasteiger partial charge in [0.25, 0.3) is 11.6 Å². The molecule has 0 spiro atoms. The number of nitro groups is 1. The Balaban J connectivity index is 1.30. The number of nitro benzene ring substituents is 1.